The fourth-order valence-electron chi connectivity index (χ4n) is 2.98. The number of ether oxygens (including phenoxy) is 2. The van der Waals surface area contributed by atoms with Crippen LogP contribution in [0.4, 0.5) is 9.39 Å². The van der Waals surface area contributed by atoms with E-state index in [1.54, 1.807) is 0 Å². The minimum Gasteiger partial charge on any atom is -0.482 e. The average molecular weight is 402 g/mol. The second kappa shape index (κ2) is 8.85. The first-order valence-electron chi connectivity index (χ1n) is 8.84. The Bertz CT molecular complexity index is 918. The summed E-state index contributed by atoms with van der Waals surface area (Å²) in [6.07, 6.45) is 2.76. The van der Waals surface area contributed by atoms with E-state index in [-0.39, 0.29) is 0 Å². The third kappa shape index (κ3) is 4.87. The van der Waals surface area contributed by atoms with Gasteiger partial charge >= 0.3 is 5.97 Å². The third-order valence-electron chi connectivity index (χ3n) is 4.41. The summed E-state index contributed by atoms with van der Waals surface area (Å²) in [5.41, 5.74) is 1.52. The molecule has 1 heterocycles. The first-order valence-corrected chi connectivity index (χ1v) is 9.66. The van der Waals surface area contributed by atoms with Gasteiger partial charge in [-0.15, -0.1) is 11.3 Å². The Labute approximate surface area is 165 Å². The van der Waals surface area contributed by atoms with Crippen molar-refractivity contribution >= 4 is 28.2 Å². The normalized spacial score (nSPS) is 15.2. The van der Waals surface area contributed by atoms with Crippen molar-refractivity contribution < 1.29 is 23.5 Å². The van der Waals surface area contributed by atoms with Crippen LogP contribution < -0.4 is 10.1 Å². The van der Waals surface area contributed by atoms with Crippen molar-refractivity contribution in [2.45, 2.75) is 26.2 Å². The molecule has 0 saturated heterocycles. The Morgan fingerprint density at radius 3 is 2.79 bits per heavy atom. The summed E-state index contributed by atoms with van der Waals surface area (Å²) in [6, 6.07) is 7.37. The number of fused-ring (bicyclic) bond motifs is 1. The van der Waals surface area contributed by atoms with Crippen LogP contribution in [0.1, 0.15) is 29.3 Å². The minimum atomic E-state index is -0.723. The molecule has 146 valence electrons. The molecule has 1 aromatic carbocycles. The first kappa shape index (κ1) is 19.8. The van der Waals surface area contributed by atoms with Gasteiger partial charge in [0.15, 0.2) is 13.2 Å². The van der Waals surface area contributed by atoms with E-state index < -0.39 is 30.9 Å². The zero-order chi connectivity index (χ0) is 20.1. The van der Waals surface area contributed by atoms with Crippen LogP contribution in [0.2, 0.25) is 0 Å². The van der Waals surface area contributed by atoms with Gasteiger partial charge in [-0.1, -0.05) is 6.92 Å². The summed E-state index contributed by atoms with van der Waals surface area (Å²) in [4.78, 5) is 24.9. The maximum atomic E-state index is 12.8. The second-order valence-corrected chi connectivity index (χ2v) is 7.72. The van der Waals surface area contributed by atoms with Crippen molar-refractivity contribution in [2.75, 3.05) is 18.5 Å². The maximum Gasteiger partial charge on any atom is 0.344 e. The van der Waals surface area contributed by atoms with Gasteiger partial charge in [0.05, 0.1) is 5.56 Å². The number of hydrogen-bond donors (Lipinski definition) is 1. The smallest absolute Gasteiger partial charge is 0.344 e. The summed E-state index contributed by atoms with van der Waals surface area (Å²) in [5, 5.41) is 12.6. The number of esters is 1. The topological polar surface area (TPSA) is 88.4 Å². The standard InChI is InChI=1S/C20H19FN2O4S/c1-12-2-7-15-16(9-22)20(28-17(15)8-12)23-18(24)10-27-19(25)11-26-14-5-3-13(21)4-6-14/h3-6,12H,2,7-8,10-11H2,1H3,(H,23,24)/t12-/m0/s1. The van der Waals surface area contributed by atoms with E-state index in [0.717, 1.165) is 29.7 Å². The largest absolute Gasteiger partial charge is 0.482 e. The third-order valence-corrected chi connectivity index (χ3v) is 5.58. The first-order chi connectivity index (χ1) is 13.5. The zero-order valence-corrected chi connectivity index (χ0v) is 16.1. The van der Waals surface area contributed by atoms with Crippen molar-refractivity contribution in [2.24, 2.45) is 5.92 Å². The van der Waals surface area contributed by atoms with Crippen LogP contribution in [0.3, 0.4) is 0 Å². The van der Waals surface area contributed by atoms with Crippen LogP contribution in [0.15, 0.2) is 24.3 Å². The monoisotopic (exact) mass is 402 g/mol. The molecule has 0 spiro atoms. The van der Waals surface area contributed by atoms with Gasteiger partial charge in [0.2, 0.25) is 0 Å². The fourth-order valence-corrected chi connectivity index (χ4v) is 4.36. The van der Waals surface area contributed by atoms with E-state index in [9.17, 15) is 19.2 Å². The van der Waals surface area contributed by atoms with Crippen LogP contribution in [0, 0.1) is 23.1 Å². The highest BCUT2D eigenvalue weighted by Crippen LogP contribution is 2.39. The quantitative estimate of drug-likeness (QED) is 0.748. The maximum absolute atomic E-state index is 12.8. The highest BCUT2D eigenvalue weighted by atomic mass is 32.1. The SMILES string of the molecule is C[C@H]1CCc2c(sc(NC(=O)COC(=O)COc3ccc(F)cc3)c2C#N)C1. The van der Waals surface area contributed by atoms with Crippen molar-refractivity contribution in [3.05, 3.63) is 46.1 Å². The molecule has 1 N–H and O–H groups in total. The molecule has 6 nitrogen and oxygen atoms in total. The minimum absolute atomic E-state index is 0.319. The van der Waals surface area contributed by atoms with Crippen LogP contribution in [-0.4, -0.2) is 25.1 Å². The number of carbonyl (C=O) groups excluding carboxylic acids is 2. The number of nitrogens with zero attached hydrogens (tertiary/aromatic N) is 1. The van der Waals surface area contributed by atoms with E-state index in [2.05, 4.69) is 18.3 Å². The van der Waals surface area contributed by atoms with E-state index in [1.807, 2.05) is 0 Å². The Kier molecular flexibility index (Phi) is 6.26. The van der Waals surface area contributed by atoms with Gasteiger partial charge < -0.3 is 14.8 Å². The van der Waals surface area contributed by atoms with Crippen LogP contribution in [0.25, 0.3) is 0 Å². The summed E-state index contributed by atoms with van der Waals surface area (Å²) < 4.78 is 22.9. The number of thiophene rings is 1. The van der Waals surface area contributed by atoms with E-state index in [0.29, 0.717) is 22.2 Å². The molecule has 0 unspecified atom stereocenters. The van der Waals surface area contributed by atoms with Gasteiger partial charge in [-0.05, 0) is 55.0 Å². The number of nitrogens with one attached hydrogen (secondary N) is 1. The van der Waals surface area contributed by atoms with Crippen molar-refractivity contribution in [3.63, 3.8) is 0 Å². The molecule has 3 rings (SSSR count). The predicted octanol–water partition coefficient (Wildman–Crippen LogP) is 3.44. The molecular weight excluding hydrogens is 383 g/mol. The number of amides is 1. The lowest BCUT2D eigenvalue weighted by molar-refractivity contribution is -0.149. The summed E-state index contributed by atoms with van der Waals surface area (Å²) in [6.45, 7) is 1.30. The Balaban J connectivity index is 1.50. The molecule has 0 radical (unpaired) electrons. The van der Waals surface area contributed by atoms with Gasteiger partial charge in [0.25, 0.3) is 5.91 Å². The lowest BCUT2D eigenvalue weighted by atomic mass is 9.89. The Morgan fingerprint density at radius 2 is 2.07 bits per heavy atom. The van der Waals surface area contributed by atoms with Crippen LogP contribution in [0.5, 0.6) is 5.75 Å². The fraction of sp³-hybridized carbons (Fsp3) is 0.350. The lowest BCUT2D eigenvalue weighted by Crippen LogP contribution is -2.23. The molecule has 1 aliphatic rings. The highest BCUT2D eigenvalue weighted by Gasteiger charge is 2.24. The van der Waals surface area contributed by atoms with Gasteiger partial charge in [0.1, 0.15) is 22.6 Å². The van der Waals surface area contributed by atoms with Gasteiger partial charge in [0, 0.05) is 4.88 Å². The van der Waals surface area contributed by atoms with E-state index in [4.69, 9.17) is 9.47 Å². The van der Waals surface area contributed by atoms with Gasteiger partial charge in [-0.2, -0.15) is 5.26 Å². The molecule has 8 heteroatoms. The zero-order valence-electron chi connectivity index (χ0n) is 15.3. The molecular formula is C20H19FN2O4S. The Morgan fingerprint density at radius 1 is 1.32 bits per heavy atom. The van der Waals surface area contributed by atoms with Crippen LogP contribution >= 0.6 is 11.3 Å². The number of halogens is 1. The lowest BCUT2D eigenvalue weighted by Gasteiger charge is -2.17. The predicted molar refractivity (Wildman–Crippen MR) is 102 cm³/mol. The van der Waals surface area contributed by atoms with Crippen molar-refractivity contribution in [1.82, 2.24) is 0 Å². The molecule has 28 heavy (non-hydrogen) atoms. The van der Waals surface area contributed by atoms with Crippen molar-refractivity contribution in [3.8, 4) is 11.8 Å². The molecule has 2 aromatic rings. The number of carbonyl (C=O) groups is 2. The number of rotatable bonds is 6. The van der Waals surface area contributed by atoms with Crippen LogP contribution in [-0.2, 0) is 27.2 Å². The molecule has 0 fully saturated rings. The molecule has 0 bridgehead atoms. The average Bonchev–Trinajstić information content (AvgIpc) is 3.01. The van der Waals surface area contributed by atoms with Gasteiger partial charge in [-0.3, -0.25) is 4.79 Å². The molecule has 0 aliphatic heterocycles. The summed E-state index contributed by atoms with van der Waals surface area (Å²) in [5.74, 6) is -0.770. The van der Waals surface area contributed by atoms with E-state index >= 15 is 0 Å². The number of benzene rings is 1. The Hall–Kier alpha value is -2.92. The molecule has 1 aromatic heterocycles. The second-order valence-electron chi connectivity index (χ2n) is 6.62. The molecule has 1 atom stereocenters. The number of nitriles is 1. The number of hydrogen-bond acceptors (Lipinski definition) is 6. The molecule has 0 saturated carbocycles. The molecule has 1 amide bonds. The van der Waals surface area contributed by atoms with E-state index in [1.165, 1.54) is 35.6 Å². The molecule has 1 aliphatic carbocycles. The summed E-state index contributed by atoms with van der Waals surface area (Å²) in [7, 11) is 0. The van der Waals surface area contributed by atoms with Gasteiger partial charge in [-0.25, -0.2) is 9.18 Å². The number of anilines is 1. The highest BCUT2D eigenvalue weighted by molar-refractivity contribution is 7.16. The van der Waals surface area contributed by atoms with Crippen molar-refractivity contribution in [1.29, 1.82) is 5.26 Å². The summed E-state index contributed by atoms with van der Waals surface area (Å²) >= 11 is 1.41.